The molecule has 32 heavy (non-hydrogen) atoms. The molecule has 0 spiro atoms. The number of amides is 1. The molecule has 1 N–H and O–H groups in total. The van der Waals surface area contributed by atoms with E-state index in [0.29, 0.717) is 12.8 Å². The summed E-state index contributed by atoms with van der Waals surface area (Å²) in [6.45, 7) is 0.383. The molecule has 0 aromatic heterocycles. The summed E-state index contributed by atoms with van der Waals surface area (Å²) in [6.07, 6.45) is 0.270. The molecular weight excluding hydrogens is 445 g/mol. The number of hydrogen-bond acceptors (Lipinski definition) is 5. The molecule has 1 amide bonds. The topological polar surface area (TPSA) is 93.5 Å². The normalized spacial score (nSPS) is 20.8. The van der Waals surface area contributed by atoms with Crippen molar-refractivity contribution in [3.05, 3.63) is 29.8 Å². The van der Waals surface area contributed by atoms with Gasteiger partial charge in [-0.05, 0) is 25.0 Å². The van der Waals surface area contributed by atoms with Gasteiger partial charge in [0, 0.05) is 26.2 Å². The fourth-order valence-corrected chi connectivity index (χ4v) is 5.93. The summed E-state index contributed by atoms with van der Waals surface area (Å²) in [5, 5.41) is 12.5. The Labute approximate surface area is 186 Å². The molecule has 3 rings (SSSR count). The van der Waals surface area contributed by atoms with Crippen LogP contribution in [0.1, 0.15) is 44.1 Å². The van der Waals surface area contributed by atoms with Crippen molar-refractivity contribution in [2.24, 2.45) is 0 Å². The van der Waals surface area contributed by atoms with E-state index in [2.05, 4.69) is 11.4 Å². The molecule has 0 bridgehead atoms. The van der Waals surface area contributed by atoms with Gasteiger partial charge in [-0.2, -0.15) is 22.7 Å². The van der Waals surface area contributed by atoms with E-state index < -0.39 is 32.2 Å². The third kappa shape index (κ3) is 5.60. The fraction of sp³-hybridized carbons (Fsp3) is 0.619. The third-order valence-electron chi connectivity index (χ3n) is 6.06. The molecule has 1 heterocycles. The van der Waals surface area contributed by atoms with Gasteiger partial charge in [0.05, 0.1) is 23.1 Å². The number of sulfonamides is 1. The van der Waals surface area contributed by atoms with Gasteiger partial charge in [-0.25, -0.2) is 8.42 Å². The average molecular weight is 473 g/mol. The number of alkyl halides is 3. The lowest BCUT2D eigenvalue weighted by Crippen LogP contribution is -2.54. The van der Waals surface area contributed by atoms with Crippen molar-refractivity contribution in [3.8, 4) is 6.07 Å². The number of hydrogen-bond donors (Lipinski definition) is 1. The SMILES string of the molecule is N#CC1(NC(=O)CN2CCN(S(=O)(=O)c3ccccc3C(F)(F)F)CC2)CCCCCC1. The summed E-state index contributed by atoms with van der Waals surface area (Å²) in [6, 6.07) is 6.40. The van der Waals surface area contributed by atoms with E-state index in [1.165, 1.54) is 6.07 Å². The van der Waals surface area contributed by atoms with Crippen LogP contribution in [0.2, 0.25) is 0 Å². The van der Waals surface area contributed by atoms with Gasteiger partial charge < -0.3 is 5.32 Å². The van der Waals surface area contributed by atoms with Gasteiger partial charge in [-0.15, -0.1) is 0 Å². The van der Waals surface area contributed by atoms with E-state index in [1.807, 2.05) is 0 Å². The van der Waals surface area contributed by atoms with Gasteiger partial charge in [-0.1, -0.05) is 37.8 Å². The molecule has 1 aliphatic carbocycles. The molecule has 1 aromatic rings. The number of halogens is 3. The first-order chi connectivity index (χ1) is 15.1. The Balaban J connectivity index is 1.61. The smallest absolute Gasteiger partial charge is 0.337 e. The number of nitrogens with zero attached hydrogens (tertiary/aromatic N) is 3. The predicted octanol–water partition coefficient (Wildman–Crippen LogP) is 2.74. The van der Waals surface area contributed by atoms with Crippen LogP contribution in [-0.2, 0) is 21.0 Å². The third-order valence-corrected chi connectivity index (χ3v) is 8.02. The number of rotatable bonds is 5. The van der Waals surface area contributed by atoms with Crippen molar-refractivity contribution in [2.45, 2.75) is 55.1 Å². The van der Waals surface area contributed by atoms with E-state index in [9.17, 15) is 31.6 Å². The van der Waals surface area contributed by atoms with Crippen LogP contribution in [0.25, 0.3) is 0 Å². The van der Waals surface area contributed by atoms with Crippen LogP contribution in [0.15, 0.2) is 29.2 Å². The standard InChI is InChI=1S/C21H27F3N4O3S/c22-21(23,24)17-7-3-4-8-18(17)32(30,31)28-13-11-27(12-14-28)15-19(29)26-20(16-25)9-5-1-2-6-10-20/h3-4,7-8H,1-2,5-6,9-15H2,(H,26,29). The number of carbonyl (C=O) groups is 1. The molecule has 176 valence electrons. The van der Waals surface area contributed by atoms with E-state index in [1.54, 1.807) is 4.90 Å². The molecule has 0 radical (unpaired) electrons. The Hall–Kier alpha value is -2.16. The lowest BCUT2D eigenvalue weighted by molar-refractivity contribution is -0.140. The van der Waals surface area contributed by atoms with Crippen LogP contribution in [0.3, 0.4) is 0 Å². The number of nitriles is 1. The molecule has 1 aromatic carbocycles. The molecular formula is C21H27F3N4O3S. The summed E-state index contributed by atoms with van der Waals surface area (Å²) in [4.78, 5) is 13.5. The summed E-state index contributed by atoms with van der Waals surface area (Å²) < 4.78 is 66.5. The van der Waals surface area contributed by atoms with Crippen molar-refractivity contribution >= 4 is 15.9 Å². The minimum Gasteiger partial charge on any atom is -0.337 e. The molecule has 11 heteroatoms. The summed E-state index contributed by atoms with van der Waals surface area (Å²) in [7, 11) is -4.33. The van der Waals surface area contributed by atoms with Gasteiger partial charge >= 0.3 is 6.18 Å². The zero-order valence-corrected chi connectivity index (χ0v) is 18.5. The monoisotopic (exact) mass is 472 g/mol. The van der Waals surface area contributed by atoms with Gasteiger partial charge in [0.15, 0.2) is 0 Å². The summed E-state index contributed by atoms with van der Waals surface area (Å²) in [5.41, 5.74) is -2.05. The van der Waals surface area contributed by atoms with Crippen molar-refractivity contribution in [2.75, 3.05) is 32.7 Å². The maximum absolute atomic E-state index is 13.3. The largest absolute Gasteiger partial charge is 0.417 e. The van der Waals surface area contributed by atoms with Crippen LogP contribution >= 0.6 is 0 Å². The quantitative estimate of drug-likeness (QED) is 0.666. The second kappa shape index (κ2) is 9.77. The number of nitrogens with one attached hydrogen (secondary N) is 1. The fourth-order valence-electron chi connectivity index (χ4n) is 4.30. The first-order valence-electron chi connectivity index (χ1n) is 10.7. The molecule has 2 fully saturated rings. The van der Waals surface area contributed by atoms with E-state index >= 15 is 0 Å². The van der Waals surface area contributed by atoms with Gasteiger partial charge in [-0.3, -0.25) is 9.69 Å². The Kier molecular flexibility index (Phi) is 7.47. The van der Waals surface area contributed by atoms with Gasteiger partial charge in [0.25, 0.3) is 0 Å². The zero-order chi connectivity index (χ0) is 23.4. The predicted molar refractivity (Wildman–Crippen MR) is 111 cm³/mol. The van der Waals surface area contributed by atoms with Crippen LogP contribution in [0.4, 0.5) is 13.2 Å². The van der Waals surface area contributed by atoms with E-state index in [4.69, 9.17) is 0 Å². The van der Waals surface area contributed by atoms with Crippen molar-refractivity contribution in [3.63, 3.8) is 0 Å². The first-order valence-corrected chi connectivity index (χ1v) is 12.1. The number of benzene rings is 1. The van der Waals surface area contributed by atoms with Crippen LogP contribution in [-0.4, -0.2) is 61.8 Å². The van der Waals surface area contributed by atoms with Crippen LogP contribution in [0.5, 0.6) is 0 Å². The molecule has 1 saturated heterocycles. The highest BCUT2D eigenvalue weighted by atomic mass is 32.2. The Morgan fingerprint density at radius 1 is 1.06 bits per heavy atom. The highest BCUT2D eigenvalue weighted by Gasteiger charge is 2.40. The molecule has 1 aliphatic heterocycles. The first kappa shape index (κ1) is 24.5. The molecule has 0 unspecified atom stereocenters. The second-order valence-electron chi connectivity index (χ2n) is 8.33. The summed E-state index contributed by atoms with van der Waals surface area (Å²) in [5.74, 6) is -0.299. The van der Waals surface area contributed by atoms with Crippen molar-refractivity contribution in [1.29, 1.82) is 5.26 Å². The number of carbonyl (C=O) groups excluding carboxylic acids is 1. The lowest BCUT2D eigenvalue weighted by Gasteiger charge is -2.35. The minimum absolute atomic E-state index is 0.0104. The van der Waals surface area contributed by atoms with Crippen molar-refractivity contribution in [1.82, 2.24) is 14.5 Å². The van der Waals surface area contributed by atoms with Gasteiger partial charge in [0.2, 0.25) is 15.9 Å². The zero-order valence-electron chi connectivity index (χ0n) is 17.7. The van der Waals surface area contributed by atoms with Crippen molar-refractivity contribution < 1.29 is 26.4 Å². The highest BCUT2D eigenvalue weighted by Crippen LogP contribution is 2.35. The second-order valence-corrected chi connectivity index (χ2v) is 10.2. The van der Waals surface area contributed by atoms with Crippen LogP contribution < -0.4 is 5.32 Å². The Morgan fingerprint density at radius 3 is 2.22 bits per heavy atom. The Bertz CT molecular complexity index is 959. The molecule has 2 aliphatic rings. The van der Waals surface area contributed by atoms with Gasteiger partial charge in [0.1, 0.15) is 5.54 Å². The Morgan fingerprint density at radius 2 is 1.66 bits per heavy atom. The number of piperazine rings is 1. The molecule has 7 nitrogen and oxygen atoms in total. The molecule has 0 atom stereocenters. The molecule has 1 saturated carbocycles. The highest BCUT2D eigenvalue weighted by molar-refractivity contribution is 7.89. The van der Waals surface area contributed by atoms with E-state index in [-0.39, 0.29) is 38.6 Å². The lowest BCUT2D eigenvalue weighted by atomic mass is 9.92. The summed E-state index contributed by atoms with van der Waals surface area (Å²) >= 11 is 0. The average Bonchev–Trinajstić information content (AvgIpc) is 2.99. The maximum Gasteiger partial charge on any atom is 0.417 e. The minimum atomic E-state index is -4.78. The van der Waals surface area contributed by atoms with Crippen LogP contribution in [0, 0.1) is 11.3 Å². The van der Waals surface area contributed by atoms with E-state index in [0.717, 1.165) is 48.2 Å². The maximum atomic E-state index is 13.3.